The number of nitrogens with zero attached hydrogens (tertiary/aromatic N) is 1. The molecule has 3 heteroatoms. The number of aromatic amines is 1. The van der Waals surface area contributed by atoms with E-state index in [-0.39, 0.29) is 5.82 Å². The van der Waals surface area contributed by atoms with Crippen LogP contribution in [0.2, 0.25) is 0 Å². The van der Waals surface area contributed by atoms with Gasteiger partial charge in [-0.1, -0.05) is 12.1 Å². The summed E-state index contributed by atoms with van der Waals surface area (Å²) >= 11 is 0. The summed E-state index contributed by atoms with van der Waals surface area (Å²) in [5.41, 5.74) is 3.44. The molecule has 1 N–H and O–H groups in total. The minimum atomic E-state index is -0.190. The van der Waals surface area contributed by atoms with Crippen molar-refractivity contribution in [3.8, 4) is 11.4 Å². The summed E-state index contributed by atoms with van der Waals surface area (Å²) in [6.07, 6.45) is 0. The summed E-state index contributed by atoms with van der Waals surface area (Å²) in [4.78, 5) is 7.70. The second-order valence-electron chi connectivity index (χ2n) is 4.07. The number of aryl methyl sites for hydroxylation is 1. The van der Waals surface area contributed by atoms with E-state index in [4.69, 9.17) is 0 Å². The summed E-state index contributed by atoms with van der Waals surface area (Å²) in [5, 5.41) is 0. The molecule has 0 spiro atoms. The Morgan fingerprint density at radius 2 is 1.94 bits per heavy atom. The second-order valence-corrected chi connectivity index (χ2v) is 4.07. The molecule has 0 aliphatic heterocycles. The van der Waals surface area contributed by atoms with Gasteiger partial charge in [0.2, 0.25) is 0 Å². The molecule has 0 unspecified atom stereocenters. The number of halogens is 1. The van der Waals surface area contributed by atoms with Crippen molar-refractivity contribution >= 4 is 11.0 Å². The highest BCUT2D eigenvalue weighted by Gasteiger charge is 2.06. The van der Waals surface area contributed by atoms with Crippen molar-refractivity contribution < 1.29 is 4.39 Å². The van der Waals surface area contributed by atoms with Crippen LogP contribution in [0.4, 0.5) is 4.39 Å². The maximum absolute atomic E-state index is 13.2. The van der Waals surface area contributed by atoms with Crippen molar-refractivity contribution in [2.24, 2.45) is 0 Å². The number of nitrogens with one attached hydrogen (secondary N) is 1. The topological polar surface area (TPSA) is 28.7 Å². The Kier molecular flexibility index (Phi) is 2.18. The molecule has 0 fully saturated rings. The summed E-state index contributed by atoms with van der Waals surface area (Å²) < 4.78 is 13.2. The van der Waals surface area contributed by atoms with Gasteiger partial charge in [-0.15, -0.1) is 0 Å². The van der Waals surface area contributed by atoms with Crippen molar-refractivity contribution in [2.75, 3.05) is 0 Å². The van der Waals surface area contributed by atoms with Crippen LogP contribution in [0.1, 0.15) is 5.56 Å². The van der Waals surface area contributed by atoms with E-state index >= 15 is 0 Å². The highest BCUT2D eigenvalue weighted by Crippen LogP contribution is 2.22. The smallest absolute Gasteiger partial charge is 0.138 e. The third kappa shape index (κ3) is 1.69. The molecule has 0 saturated carbocycles. The summed E-state index contributed by atoms with van der Waals surface area (Å²) in [7, 11) is 0. The van der Waals surface area contributed by atoms with Gasteiger partial charge in [-0.2, -0.15) is 0 Å². The first-order valence-corrected chi connectivity index (χ1v) is 5.45. The van der Waals surface area contributed by atoms with Crippen LogP contribution >= 0.6 is 0 Å². The monoisotopic (exact) mass is 226 g/mol. The van der Waals surface area contributed by atoms with Gasteiger partial charge in [0.25, 0.3) is 0 Å². The molecular formula is C14H11FN2. The number of fused-ring (bicyclic) bond motifs is 1. The van der Waals surface area contributed by atoms with Crippen molar-refractivity contribution in [3.63, 3.8) is 0 Å². The van der Waals surface area contributed by atoms with Gasteiger partial charge in [0.1, 0.15) is 11.6 Å². The van der Waals surface area contributed by atoms with E-state index in [2.05, 4.69) is 9.97 Å². The average Bonchev–Trinajstić information content (AvgIpc) is 2.76. The van der Waals surface area contributed by atoms with Crippen LogP contribution in [0.5, 0.6) is 0 Å². The molecule has 0 bridgehead atoms. The highest BCUT2D eigenvalue weighted by atomic mass is 19.1. The Balaban J connectivity index is 2.17. The Hall–Kier alpha value is -2.16. The summed E-state index contributed by atoms with van der Waals surface area (Å²) in [5.74, 6) is 0.583. The third-order valence-corrected chi connectivity index (χ3v) is 2.82. The van der Waals surface area contributed by atoms with Crippen LogP contribution in [0.15, 0.2) is 42.5 Å². The van der Waals surface area contributed by atoms with E-state index < -0.39 is 0 Å². The molecule has 0 saturated heterocycles. The Bertz CT molecular complexity index is 653. The molecular weight excluding hydrogens is 215 g/mol. The molecule has 1 aromatic heterocycles. The van der Waals surface area contributed by atoms with Gasteiger partial charge in [0, 0.05) is 5.56 Å². The van der Waals surface area contributed by atoms with Gasteiger partial charge in [-0.3, -0.25) is 0 Å². The first kappa shape index (κ1) is 10.0. The third-order valence-electron chi connectivity index (χ3n) is 2.82. The molecule has 17 heavy (non-hydrogen) atoms. The van der Waals surface area contributed by atoms with Crippen molar-refractivity contribution in [2.45, 2.75) is 6.92 Å². The summed E-state index contributed by atoms with van der Waals surface area (Å²) in [6.45, 7) is 1.75. The van der Waals surface area contributed by atoms with Crippen LogP contribution in [-0.4, -0.2) is 9.97 Å². The number of hydrogen-bond donors (Lipinski definition) is 1. The maximum atomic E-state index is 13.2. The SMILES string of the molecule is Cc1cc(-c2nc3ccccc3[nH]2)ccc1F. The van der Waals surface area contributed by atoms with Crippen LogP contribution in [0, 0.1) is 12.7 Å². The molecule has 84 valence electrons. The molecule has 1 heterocycles. The number of H-pyrrole nitrogens is 1. The lowest BCUT2D eigenvalue weighted by molar-refractivity contribution is 0.618. The minimum absolute atomic E-state index is 0.190. The largest absolute Gasteiger partial charge is 0.338 e. The predicted molar refractivity (Wildman–Crippen MR) is 66.2 cm³/mol. The molecule has 0 radical (unpaired) electrons. The van der Waals surface area contributed by atoms with Gasteiger partial charge in [-0.05, 0) is 42.8 Å². The molecule has 2 aromatic carbocycles. The first-order chi connectivity index (χ1) is 8.24. The molecule has 3 rings (SSSR count). The van der Waals surface area contributed by atoms with Crippen LogP contribution in [0.3, 0.4) is 0 Å². The number of imidazole rings is 1. The predicted octanol–water partition coefficient (Wildman–Crippen LogP) is 3.68. The minimum Gasteiger partial charge on any atom is -0.338 e. The van der Waals surface area contributed by atoms with Gasteiger partial charge >= 0.3 is 0 Å². The average molecular weight is 226 g/mol. The van der Waals surface area contributed by atoms with Crippen molar-refractivity contribution in [3.05, 3.63) is 53.8 Å². The highest BCUT2D eigenvalue weighted by molar-refractivity contribution is 5.79. The number of benzene rings is 2. The van der Waals surface area contributed by atoms with Gasteiger partial charge < -0.3 is 4.98 Å². The lowest BCUT2D eigenvalue weighted by atomic mass is 10.1. The normalized spacial score (nSPS) is 10.9. The van der Waals surface area contributed by atoms with E-state index in [1.165, 1.54) is 6.07 Å². The zero-order valence-corrected chi connectivity index (χ0v) is 9.37. The van der Waals surface area contributed by atoms with E-state index in [0.29, 0.717) is 5.56 Å². The molecule has 3 aromatic rings. The number of aromatic nitrogens is 2. The lowest BCUT2D eigenvalue weighted by Crippen LogP contribution is -1.85. The van der Waals surface area contributed by atoms with Crippen molar-refractivity contribution in [1.82, 2.24) is 9.97 Å². The van der Waals surface area contributed by atoms with E-state index in [9.17, 15) is 4.39 Å². The fraction of sp³-hybridized carbons (Fsp3) is 0.0714. The Labute approximate surface area is 98.1 Å². The molecule has 2 nitrogen and oxygen atoms in total. The number of rotatable bonds is 1. The van der Waals surface area contributed by atoms with Gasteiger partial charge in [0.15, 0.2) is 0 Å². The second kappa shape index (κ2) is 3.70. The number of hydrogen-bond acceptors (Lipinski definition) is 1. The van der Waals surface area contributed by atoms with E-state index in [0.717, 1.165) is 22.4 Å². The zero-order chi connectivity index (χ0) is 11.8. The Morgan fingerprint density at radius 1 is 1.12 bits per heavy atom. The van der Waals surface area contributed by atoms with Crippen LogP contribution < -0.4 is 0 Å². The number of para-hydroxylation sites is 2. The zero-order valence-electron chi connectivity index (χ0n) is 9.37. The van der Waals surface area contributed by atoms with E-state index in [1.54, 1.807) is 19.1 Å². The standard InChI is InChI=1S/C14H11FN2/c1-9-8-10(6-7-11(9)15)14-16-12-4-2-3-5-13(12)17-14/h2-8H,1H3,(H,16,17). The van der Waals surface area contributed by atoms with E-state index in [1.807, 2.05) is 24.3 Å². The Morgan fingerprint density at radius 3 is 2.71 bits per heavy atom. The first-order valence-electron chi connectivity index (χ1n) is 5.45. The van der Waals surface area contributed by atoms with Gasteiger partial charge in [0.05, 0.1) is 11.0 Å². The lowest BCUT2D eigenvalue weighted by Gasteiger charge is -1.99. The molecule has 0 aliphatic rings. The fourth-order valence-electron chi connectivity index (χ4n) is 1.88. The fourth-order valence-corrected chi connectivity index (χ4v) is 1.88. The summed E-state index contributed by atoms with van der Waals surface area (Å²) in [6, 6.07) is 12.8. The van der Waals surface area contributed by atoms with Crippen LogP contribution in [0.25, 0.3) is 22.4 Å². The molecule has 0 atom stereocenters. The molecule has 0 amide bonds. The molecule has 0 aliphatic carbocycles. The van der Waals surface area contributed by atoms with Crippen LogP contribution in [-0.2, 0) is 0 Å². The maximum Gasteiger partial charge on any atom is 0.138 e. The van der Waals surface area contributed by atoms with Crippen molar-refractivity contribution in [1.29, 1.82) is 0 Å². The van der Waals surface area contributed by atoms with Gasteiger partial charge in [-0.25, -0.2) is 9.37 Å². The quantitative estimate of drug-likeness (QED) is 0.673.